The predicted octanol–water partition coefficient (Wildman–Crippen LogP) is 3.50. The largest absolute Gasteiger partial charge is 0.497 e. The number of benzene rings is 2. The Morgan fingerprint density at radius 2 is 1.63 bits per heavy atom. The molecule has 0 aliphatic carbocycles. The molecule has 1 heterocycles. The van der Waals surface area contributed by atoms with Gasteiger partial charge in [-0.2, -0.15) is 0 Å². The molecule has 0 radical (unpaired) electrons. The molecule has 0 spiro atoms. The van der Waals surface area contributed by atoms with Crippen molar-refractivity contribution < 1.29 is 14.3 Å². The minimum absolute atomic E-state index is 0.145. The van der Waals surface area contributed by atoms with E-state index in [-0.39, 0.29) is 5.91 Å². The second kappa shape index (κ2) is 8.91. The lowest BCUT2D eigenvalue weighted by Crippen LogP contribution is -2.37. The maximum absolute atomic E-state index is 12.7. The number of carbonyl (C=O) groups is 1. The minimum Gasteiger partial charge on any atom is -0.497 e. The third kappa shape index (κ3) is 4.80. The number of rotatable bonds is 7. The molecule has 144 valence electrons. The molecule has 1 atom stereocenters. The maximum atomic E-state index is 12.7. The van der Waals surface area contributed by atoms with Crippen LogP contribution >= 0.6 is 0 Å². The van der Waals surface area contributed by atoms with E-state index in [2.05, 4.69) is 17.0 Å². The van der Waals surface area contributed by atoms with Gasteiger partial charge in [0.25, 0.3) is 0 Å². The van der Waals surface area contributed by atoms with Crippen LogP contribution in [0.1, 0.15) is 30.0 Å². The van der Waals surface area contributed by atoms with Crippen molar-refractivity contribution in [3.63, 3.8) is 0 Å². The molecule has 1 fully saturated rings. The van der Waals surface area contributed by atoms with Crippen molar-refractivity contribution in [3.05, 3.63) is 59.7 Å². The number of ether oxygens (including phenoxy) is 2. The van der Waals surface area contributed by atoms with Crippen molar-refractivity contribution in [2.75, 3.05) is 34.4 Å². The van der Waals surface area contributed by atoms with Gasteiger partial charge in [-0.3, -0.25) is 9.69 Å². The highest BCUT2D eigenvalue weighted by molar-refractivity contribution is 5.78. The summed E-state index contributed by atoms with van der Waals surface area (Å²) in [6, 6.07) is 16.3. The first-order valence-corrected chi connectivity index (χ1v) is 9.35. The van der Waals surface area contributed by atoms with Gasteiger partial charge in [0.15, 0.2) is 0 Å². The van der Waals surface area contributed by atoms with E-state index in [1.807, 2.05) is 43.4 Å². The van der Waals surface area contributed by atoms with Crippen molar-refractivity contribution in [2.45, 2.75) is 25.4 Å². The number of likely N-dealkylation sites (N-methyl/N-ethyl adjacent to an activating group) is 1. The quantitative estimate of drug-likeness (QED) is 0.750. The number of nitrogens with zero attached hydrogens (tertiary/aromatic N) is 2. The van der Waals surface area contributed by atoms with Gasteiger partial charge in [0.05, 0.1) is 20.8 Å². The van der Waals surface area contributed by atoms with Crippen LogP contribution in [-0.4, -0.2) is 50.1 Å². The third-order valence-electron chi connectivity index (χ3n) is 5.21. The van der Waals surface area contributed by atoms with Gasteiger partial charge < -0.3 is 14.4 Å². The van der Waals surface area contributed by atoms with E-state index in [9.17, 15) is 4.79 Å². The highest BCUT2D eigenvalue weighted by Gasteiger charge is 2.28. The molecule has 2 aromatic carbocycles. The fourth-order valence-corrected chi connectivity index (χ4v) is 3.61. The standard InChI is InChI=1S/C22H28N2O3/c1-23(15-17-6-10-19(26-2)11-7-17)22(25)16-24-14-4-5-21(24)18-8-12-20(27-3)13-9-18/h6-13,21H,4-5,14-16H2,1-3H3/t21-/m0/s1. The molecule has 1 amide bonds. The lowest BCUT2D eigenvalue weighted by molar-refractivity contribution is -0.131. The van der Waals surface area contributed by atoms with Gasteiger partial charge in [0.2, 0.25) is 5.91 Å². The van der Waals surface area contributed by atoms with E-state index >= 15 is 0 Å². The van der Waals surface area contributed by atoms with Gasteiger partial charge in [-0.1, -0.05) is 24.3 Å². The summed E-state index contributed by atoms with van der Waals surface area (Å²) >= 11 is 0. The lowest BCUT2D eigenvalue weighted by Gasteiger charge is -2.27. The summed E-state index contributed by atoms with van der Waals surface area (Å²) in [7, 11) is 5.19. The van der Waals surface area contributed by atoms with Gasteiger partial charge in [-0.05, 0) is 54.8 Å². The Labute approximate surface area is 161 Å². The summed E-state index contributed by atoms with van der Waals surface area (Å²) in [6.07, 6.45) is 2.20. The van der Waals surface area contributed by atoms with Crippen LogP contribution in [0, 0.1) is 0 Å². The summed E-state index contributed by atoms with van der Waals surface area (Å²) < 4.78 is 10.4. The van der Waals surface area contributed by atoms with E-state index in [0.29, 0.717) is 19.1 Å². The lowest BCUT2D eigenvalue weighted by atomic mass is 10.0. The molecular formula is C22H28N2O3. The first kappa shape index (κ1) is 19.2. The molecule has 1 aliphatic heterocycles. The summed E-state index contributed by atoms with van der Waals surface area (Å²) in [4.78, 5) is 16.8. The first-order valence-electron chi connectivity index (χ1n) is 9.35. The van der Waals surface area contributed by atoms with E-state index in [1.165, 1.54) is 5.56 Å². The minimum atomic E-state index is 0.145. The number of amides is 1. The summed E-state index contributed by atoms with van der Waals surface area (Å²) in [5.41, 5.74) is 2.35. The van der Waals surface area contributed by atoms with E-state index in [4.69, 9.17) is 9.47 Å². The Kier molecular flexibility index (Phi) is 6.35. The average molecular weight is 368 g/mol. The smallest absolute Gasteiger partial charge is 0.236 e. The van der Waals surface area contributed by atoms with Gasteiger partial charge in [0, 0.05) is 19.6 Å². The number of hydrogen-bond donors (Lipinski definition) is 0. The zero-order chi connectivity index (χ0) is 19.2. The summed E-state index contributed by atoms with van der Waals surface area (Å²) in [5.74, 6) is 1.83. The molecule has 5 nitrogen and oxygen atoms in total. The average Bonchev–Trinajstić information content (AvgIpc) is 3.16. The fourth-order valence-electron chi connectivity index (χ4n) is 3.61. The molecule has 3 rings (SSSR count). The molecule has 0 saturated carbocycles. The molecule has 0 aromatic heterocycles. The Morgan fingerprint density at radius 3 is 2.22 bits per heavy atom. The molecular weight excluding hydrogens is 340 g/mol. The van der Waals surface area contributed by atoms with Gasteiger partial charge >= 0.3 is 0 Å². The van der Waals surface area contributed by atoms with Gasteiger partial charge in [0.1, 0.15) is 11.5 Å². The monoisotopic (exact) mass is 368 g/mol. The van der Waals surface area contributed by atoms with E-state index in [0.717, 1.165) is 36.4 Å². The molecule has 2 aromatic rings. The van der Waals surface area contributed by atoms with E-state index in [1.54, 1.807) is 19.1 Å². The van der Waals surface area contributed by atoms with Crippen LogP contribution in [0.25, 0.3) is 0 Å². The highest BCUT2D eigenvalue weighted by Crippen LogP contribution is 2.32. The molecule has 5 heteroatoms. The Morgan fingerprint density at radius 1 is 1.04 bits per heavy atom. The van der Waals surface area contributed by atoms with Crippen LogP contribution in [0.3, 0.4) is 0 Å². The second-order valence-corrected chi connectivity index (χ2v) is 7.00. The third-order valence-corrected chi connectivity index (χ3v) is 5.21. The molecule has 1 saturated heterocycles. The molecule has 0 bridgehead atoms. The highest BCUT2D eigenvalue weighted by atomic mass is 16.5. The molecule has 0 N–H and O–H groups in total. The molecule has 0 unspecified atom stereocenters. The fraction of sp³-hybridized carbons (Fsp3) is 0.409. The predicted molar refractivity (Wildman–Crippen MR) is 106 cm³/mol. The summed E-state index contributed by atoms with van der Waals surface area (Å²) in [6.45, 7) is 2.01. The topological polar surface area (TPSA) is 42.0 Å². The van der Waals surface area contributed by atoms with Crippen LogP contribution < -0.4 is 9.47 Å². The van der Waals surface area contributed by atoms with Crippen LogP contribution in [-0.2, 0) is 11.3 Å². The van der Waals surface area contributed by atoms with Crippen molar-refractivity contribution in [1.29, 1.82) is 0 Å². The Balaban J connectivity index is 1.59. The van der Waals surface area contributed by atoms with Crippen molar-refractivity contribution in [1.82, 2.24) is 9.80 Å². The molecule has 1 aliphatic rings. The van der Waals surface area contributed by atoms with Crippen molar-refractivity contribution >= 4 is 5.91 Å². The van der Waals surface area contributed by atoms with Crippen molar-refractivity contribution in [3.8, 4) is 11.5 Å². The van der Waals surface area contributed by atoms with E-state index < -0.39 is 0 Å². The number of carbonyl (C=O) groups excluding carboxylic acids is 1. The zero-order valence-corrected chi connectivity index (χ0v) is 16.4. The van der Waals surface area contributed by atoms with Crippen LogP contribution in [0.4, 0.5) is 0 Å². The molecule has 27 heavy (non-hydrogen) atoms. The van der Waals surface area contributed by atoms with Crippen LogP contribution in [0.15, 0.2) is 48.5 Å². The normalized spacial score (nSPS) is 16.9. The zero-order valence-electron chi connectivity index (χ0n) is 16.4. The Bertz CT molecular complexity index is 743. The summed E-state index contributed by atoms with van der Waals surface area (Å²) in [5, 5.41) is 0. The van der Waals surface area contributed by atoms with Crippen molar-refractivity contribution in [2.24, 2.45) is 0 Å². The number of methoxy groups -OCH3 is 2. The Hall–Kier alpha value is -2.53. The second-order valence-electron chi connectivity index (χ2n) is 7.00. The maximum Gasteiger partial charge on any atom is 0.236 e. The number of hydrogen-bond acceptors (Lipinski definition) is 4. The number of likely N-dealkylation sites (tertiary alicyclic amines) is 1. The van der Waals surface area contributed by atoms with Gasteiger partial charge in [-0.15, -0.1) is 0 Å². The van der Waals surface area contributed by atoms with Gasteiger partial charge in [-0.25, -0.2) is 0 Å². The SMILES string of the molecule is COc1ccc(CN(C)C(=O)CN2CCC[C@H]2c2ccc(OC)cc2)cc1. The van der Waals surface area contributed by atoms with Crippen LogP contribution in [0.2, 0.25) is 0 Å². The van der Waals surface area contributed by atoms with Crippen LogP contribution in [0.5, 0.6) is 11.5 Å². The first-order chi connectivity index (χ1) is 13.1.